The van der Waals surface area contributed by atoms with E-state index >= 15 is 0 Å². The molecule has 0 spiro atoms. The van der Waals surface area contributed by atoms with Crippen molar-refractivity contribution >= 4 is 57.2 Å². The van der Waals surface area contributed by atoms with E-state index in [1.54, 1.807) is 39.2 Å². The number of likely N-dealkylation sites (tertiary alicyclic amines) is 1. The highest BCUT2D eigenvalue weighted by Crippen LogP contribution is 2.27. The summed E-state index contributed by atoms with van der Waals surface area (Å²) in [7, 11) is -2.73. The van der Waals surface area contributed by atoms with E-state index in [0.717, 1.165) is 22.0 Å². The molecule has 6 amide bonds. The molecule has 0 aromatic heterocycles. The van der Waals surface area contributed by atoms with Crippen molar-refractivity contribution < 1.29 is 137 Å². The maximum Gasteiger partial charge on any atom is 0.302 e. The standard InChI is InChI=1S/C66H107N5O29S/c1-52(2)63(69-60(73)49-70-58(51-99-45-46-101(79,80)81)48-59(66(70)78)71-61(74)10-11-62(71)75)65(77)67-53(3)64(76)68-57-9-8-56(50-100-54(4)72)55(47-57)7-6-12-83-15-16-85-19-20-87-23-24-89-27-28-91-31-32-93-35-36-95-39-40-97-43-44-98-42-41-96-38-37-94-34-33-92-30-29-90-26-25-88-22-21-86-18-17-84-14-13-82-5/h8-11,47,52-53,58-59,63H,12-46,48-51H2,1-5H3,(H,67,77)(H,68,76)(H,69,73)(H,79,80,81)/t53-,58-,59-,63-/m0/s1. The zero-order chi connectivity index (χ0) is 73.4. The highest BCUT2D eigenvalue weighted by molar-refractivity contribution is 7.85. The number of anilines is 1. The van der Waals surface area contributed by atoms with E-state index in [1.807, 2.05) is 0 Å². The molecule has 4 N–H and O–H groups in total. The number of amides is 6. The van der Waals surface area contributed by atoms with Crippen molar-refractivity contribution in [3.63, 3.8) is 0 Å². The Hall–Kier alpha value is -5.80. The molecule has 1 fully saturated rings. The van der Waals surface area contributed by atoms with Crippen LogP contribution in [0.1, 0.15) is 45.2 Å². The van der Waals surface area contributed by atoms with Gasteiger partial charge in [0, 0.05) is 49.4 Å². The number of imide groups is 1. The lowest BCUT2D eigenvalue weighted by atomic mass is 10.0. The topological polar surface area (TPSA) is 392 Å². The molecule has 2 heterocycles. The minimum absolute atomic E-state index is 0.0284. The highest BCUT2D eigenvalue weighted by Gasteiger charge is 2.47. The van der Waals surface area contributed by atoms with Gasteiger partial charge in [0.2, 0.25) is 23.6 Å². The first-order valence-electron chi connectivity index (χ1n) is 33.7. The summed E-state index contributed by atoms with van der Waals surface area (Å²) in [5.74, 6) is -0.257. The Labute approximate surface area is 592 Å². The number of benzene rings is 1. The monoisotopic (exact) mass is 1470 g/mol. The van der Waals surface area contributed by atoms with Gasteiger partial charge in [0.15, 0.2) is 0 Å². The van der Waals surface area contributed by atoms with Gasteiger partial charge in [-0.2, -0.15) is 8.42 Å². The van der Waals surface area contributed by atoms with Gasteiger partial charge in [-0.3, -0.25) is 43.0 Å². The molecule has 101 heavy (non-hydrogen) atoms. The van der Waals surface area contributed by atoms with Crippen molar-refractivity contribution in [2.45, 2.75) is 64.9 Å². The second kappa shape index (κ2) is 57.6. The fourth-order valence-electron chi connectivity index (χ4n) is 8.84. The highest BCUT2D eigenvalue weighted by atomic mass is 32.2. The van der Waals surface area contributed by atoms with Crippen molar-refractivity contribution in [3.05, 3.63) is 41.5 Å². The van der Waals surface area contributed by atoms with Gasteiger partial charge in [-0.15, -0.1) is 0 Å². The number of methoxy groups -OCH3 is 1. The molecule has 34 nitrogen and oxygen atoms in total. The largest absolute Gasteiger partial charge is 0.461 e. The second-order valence-corrected chi connectivity index (χ2v) is 23.9. The Morgan fingerprint density at radius 2 is 0.941 bits per heavy atom. The van der Waals surface area contributed by atoms with Crippen LogP contribution in [0.15, 0.2) is 30.4 Å². The van der Waals surface area contributed by atoms with Gasteiger partial charge in [0.05, 0.1) is 243 Å². The van der Waals surface area contributed by atoms with E-state index in [2.05, 4.69) is 27.8 Å². The average molecular weight is 1470 g/mol. The number of ether oxygens (including phenoxy) is 19. The minimum Gasteiger partial charge on any atom is -0.461 e. The third kappa shape index (κ3) is 44.5. The molecule has 35 heteroatoms. The van der Waals surface area contributed by atoms with Crippen LogP contribution in [0.3, 0.4) is 0 Å². The predicted octanol–water partition coefficient (Wildman–Crippen LogP) is -0.604. The molecule has 1 saturated heterocycles. The minimum atomic E-state index is -4.37. The molecule has 0 radical (unpaired) electrons. The predicted molar refractivity (Wildman–Crippen MR) is 359 cm³/mol. The summed E-state index contributed by atoms with van der Waals surface area (Å²) >= 11 is 0. The number of esters is 1. The summed E-state index contributed by atoms with van der Waals surface area (Å²) in [6.45, 7) is 18.8. The van der Waals surface area contributed by atoms with E-state index in [0.29, 0.717) is 215 Å². The van der Waals surface area contributed by atoms with Gasteiger partial charge in [-0.25, -0.2) is 0 Å². The average Bonchev–Trinajstić information content (AvgIpc) is 1.64. The van der Waals surface area contributed by atoms with Crippen molar-refractivity contribution in [2.75, 3.05) is 256 Å². The first-order chi connectivity index (χ1) is 48.9. The lowest BCUT2D eigenvalue weighted by Crippen LogP contribution is -2.56. The summed E-state index contributed by atoms with van der Waals surface area (Å²) < 4.78 is 135. The summed E-state index contributed by atoms with van der Waals surface area (Å²) in [6, 6.07) is 0.229. The number of hydrogen-bond donors (Lipinski definition) is 4. The van der Waals surface area contributed by atoms with Crippen molar-refractivity contribution in [3.8, 4) is 11.8 Å². The lowest BCUT2D eigenvalue weighted by Gasteiger charge is -2.27. The number of rotatable bonds is 65. The number of nitrogens with one attached hydrogen (secondary N) is 3. The fourth-order valence-corrected chi connectivity index (χ4v) is 9.17. The molecular formula is C66H107N5O29S. The summed E-state index contributed by atoms with van der Waals surface area (Å²) in [4.78, 5) is 92.5. The van der Waals surface area contributed by atoms with E-state index in [4.69, 9.17) is 94.6 Å². The van der Waals surface area contributed by atoms with Gasteiger partial charge in [0.25, 0.3) is 21.9 Å². The zero-order valence-corrected chi connectivity index (χ0v) is 59.8. The Morgan fingerprint density at radius 3 is 1.32 bits per heavy atom. The quantitative estimate of drug-likeness (QED) is 0.0208. The SMILES string of the molecule is COCCOCCOCCOCCOCCOCCOCCOCCOCCOCCOCCOCCOCCOCCOCCOCCOCC#Cc1cc(NC(=O)[C@H](C)NC(=O)[C@@H](NC(=O)CN2C(=O)[C@@H](N3C(=O)C=CC3=O)C[C@H]2COCCS(=O)(=O)O)C(C)C)ccc1COC(C)=O. The molecule has 0 aliphatic carbocycles. The molecule has 0 saturated carbocycles. The van der Waals surface area contributed by atoms with Crippen molar-refractivity contribution in [2.24, 2.45) is 5.92 Å². The van der Waals surface area contributed by atoms with Gasteiger partial charge < -0.3 is 111 Å². The van der Waals surface area contributed by atoms with Crippen LogP contribution in [0.5, 0.6) is 0 Å². The molecule has 576 valence electrons. The molecule has 2 aliphatic rings. The number of carbonyl (C=O) groups is 7. The van der Waals surface area contributed by atoms with Crippen LogP contribution in [0.2, 0.25) is 0 Å². The Balaban J connectivity index is 1.13. The maximum atomic E-state index is 13.6. The van der Waals surface area contributed by atoms with Crippen LogP contribution in [0, 0.1) is 17.8 Å². The molecule has 1 aromatic rings. The van der Waals surface area contributed by atoms with Crippen LogP contribution in [0.25, 0.3) is 0 Å². The maximum absolute atomic E-state index is 13.6. The smallest absolute Gasteiger partial charge is 0.302 e. The second-order valence-electron chi connectivity index (χ2n) is 22.3. The Bertz CT molecular complexity index is 2670. The van der Waals surface area contributed by atoms with E-state index < -0.39 is 101 Å². The first-order valence-corrected chi connectivity index (χ1v) is 35.3. The van der Waals surface area contributed by atoms with Gasteiger partial charge in [0.1, 0.15) is 31.3 Å². The zero-order valence-electron chi connectivity index (χ0n) is 59.0. The number of carbonyl (C=O) groups excluding carboxylic acids is 7. The van der Waals surface area contributed by atoms with Crippen LogP contribution < -0.4 is 16.0 Å². The van der Waals surface area contributed by atoms with Crippen LogP contribution >= 0.6 is 0 Å². The van der Waals surface area contributed by atoms with Gasteiger partial charge >= 0.3 is 5.97 Å². The molecule has 1 aromatic carbocycles. The first kappa shape index (κ1) is 89.4. The molecule has 2 aliphatic heterocycles. The van der Waals surface area contributed by atoms with Crippen LogP contribution in [-0.4, -0.2) is 339 Å². The fraction of sp³-hybridized carbons (Fsp3) is 0.742. The lowest BCUT2D eigenvalue weighted by molar-refractivity contribution is -0.147. The van der Waals surface area contributed by atoms with Crippen molar-refractivity contribution in [1.29, 1.82) is 0 Å². The summed E-state index contributed by atoms with van der Waals surface area (Å²) in [6.07, 6.45) is 1.87. The molecule has 0 bridgehead atoms. The van der Waals surface area contributed by atoms with Gasteiger partial charge in [-0.1, -0.05) is 31.8 Å². The Kier molecular flexibility index (Phi) is 51.0. The third-order valence-corrected chi connectivity index (χ3v) is 14.7. The number of nitrogens with zero attached hydrogens (tertiary/aromatic N) is 2. The van der Waals surface area contributed by atoms with Gasteiger partial charge in [-0.05, 0) is 25.0 Å². The third-order valence-electron chi connectivity index (χ3n) is 14.0. The summed E-state index contributed by atoms with van der Waals surface area (Å²) in [5.41, 5.74) is 1.27. The normalized spacial score (nSPS) is 15.2. The molecular weight excluding hydrogens is 1360 g/mol. The van der Waals surface area contributed by atoms with Crippen molar-refractivity contribution in [1.82, 2.24) is 20.4 Å². The van der Waals surface area contributed by atoms with E-state index in [-0.39, 0.29) is 39.5 Å². The molecule has 4 atom stereocenters. The molecule has 0 unspecified atom stereocenters. The number of hydrogen-bond acceptors (Lipinski definition) is 28. The van der Waals surface area contributed by atoms with Crippen LogP contribution in [-0.2, 0) is 140 Å². The molecule has 3 rings (SSSR count). The van der Waals surface area contributed by atoms with E-state index in [9.17, 15) is 42.0 Å². The summed E-state index contributed by atoms with van der Waals surface area (Å²) in [5, 5.41) is 7.92. The van der Waals surface area contributed by atoms with Crippen LogP contribution in [0.4, 0.5) is 5.69 Å². The van der Waals surface area contributed by atoms with E-state index in [1.165, 1.54) is 13.8 Å². The Morgan fingerprint density at radius 1 is 0.545 bits per heavy atom.